The van der Waals surface area contributed by atoms with Gasteiger partial charge in [-0.3, -0.25) is 10.1 Å². The summed E-state index contributed by atoms with van der Waals surface area (Å²) >= 11 is 2.99. The molecule has 56 valence electrons. The van der Waals surface area contributed by atoms with Crippen molar-refractivity contribution in [1.29, 1.82) is 0 Å². The van der Waals surface area contributed by atoms with Crippen molar-refractivity contribution in [2.75, 3.05) is 0 Å². The predicted molar refractivity (Wildman–Crippen MR) is 37.4 cm³/mol. The third-order valence-electron chi connectivity index (χ3n) is 1.10. The lowest BCUT2D eigenvalue weighted by Gasteiger charge is -2.23. The Hall–Kier alpha value is -0.620. The Balaban J connectivity index is 2.66. The molecule has 3 amide bonds. The number of nitrogens with two attached hydrogens (primary N) is 1. The lowest BCUT2D eigenvalue weighted by atomic mass is 10.3. The van der Waals surface area contributed by atoms with Crippen molar-refractivity contribution in [3.63, 3.8) is 0 Å². The van der Waals surface area contributed by atoms with Crippen LogP contribution in [-0.4, -0.2) is 22.9 Å². The number of carbonyl (C=O) groups excluding carboxylic acids is 2. The first kappa shape index (κ1) is 7.49. The van der Waals surface area contributed by atoms with Crippen LogP contribution in [0.1, 0.15) is 0 Å². The van der Waals surface area contributed by atoms with Gasteiger partial charge in [-0.05, 0) is 0 Å². The van der Waals surface area contributed by atoms with Crippen molar-refractivity contribution in [3.05, 3.63) is 0 Å². The highest BCUT2D eigenvalue weighted by Gasteiger charge is 2.30. The van der Waals surface area contributed by atoms with Gasteiger partial charge >= 0.3 is 6.03 Å². The van der Waals surface area contributed by atoms with Crippen LogP contribution in [0.2, 0.25) is 0 Å². The summed E-state index contributed by atoms with van der Waals surface area (Å²) in [6.07, 6.45) is -0.638. The molecule has 1 saturated heterocycles. The molecular weight excluding hydrogens is 202 g/mol. The van der Waals surface area contributed by atoms with Crippen LogP contribution in [0.5, 0.6) is 0 Å². The highest BCUT2D eigenvalue weighted by atomic mass is 79.9. The monoisotopic (exact) mass is 207 g/mol. The Labute approximate surface area is 65.5 Å². The molecular formula is C4H6BrN3O2. The minimum Gasteiger partial charge on any atom is -0.321 e. The third-order valence-corrected chi connectivity index (χ3v) is 2.09. The highest BCUT2D eigenvalue weighted by molar-refractivity contribution is 9.10. The molecule has 2 unspecified atom stereocenters. The molecule has 4 N–H and O–H groups in total. The standard InChI is InChI=1S/C4H6BrN3O2/c5-1-2(6)7-4(10)8-3(1)9/h1-2H,6H2,(H2,7,8,9,10). The number of hydrogen-bond donors (Lipinski definition) is 3. The second-order valence-electron chi connectivity index (χ2n) is 1.89. The zero-order valence-electron chi connectivity index (χ0n) is 4.93. The number of nitrogens with one attached hydrogen (secondary N) is 2. The quantitative estimate of drug-likeness (QED) is 0.440. The number of amides is 3. The van der Waals surface area contributed by atoms with E-state index < -0.39 is 22.9 Å². The van der Waals surface area contributed by atoms with Crippen LogP contribution in [0.3, 0.4) is 0 Å². The Morgan fingerprint density at radius 2 is 2.10 bits per heavy atom. The number of rotatable bonds is 0. The first-order valence-corrected chi connectivity index (χ1v) is 3.54. The molecule has 10 heavy (non-hydrogen) atoms. The molecule has 0 aliphatic carbocycles. The van der Waals surface area contributed by atoms with Gasteiger partial charge in [0.1, 0.15) is 11.0 Å². The molecule has 0 saturated carbocycles. The first-order valence-electron chi connectivity index (χ1n) is 2.62. The van der Waals surface area contributed by atoms with Crippen LogP contribution >= 0.6 is 15.9 Å². The minimum atomic E-state index is -0.638. The maximum Gasteiger partial charge on any atom is 0.322 e. The summed E-state index contributed by atoms with van der Waals surface area (Å²) in [5.41, 5.74) is 5.32. The van der Waals surface area contributed by atoms with Crippen molar-refractivity contribution < 1.29 is 9.59 Å². The van der Waals surface area contributed by atoms with E-state index in [1.165, 1.54) is 0 Å². The summed E-state index contributed by atoms with van der Waals surface area (Å²) in [4.78, 5) is 20.7. The van der Waals surface area contributed by atoms with Crippen molar-refractivity contribution in [3.8, 4) is 0 Å². The van der Waals surface area contributed by atoms with Gasteiger partial charge in [-0.25, -0.2) is 4.79 Å². The number of halogens is 1. The average Bonchev–Trinajstić information content (AvgIpc) is 1.82. The average molecular weight is 208 g/mol. The summed E-state index contributed by atoms with van der Waals surface area (Å²) in [7, 11) is 0. The van der Waals surface area contributed by atoms with Crippen molar-refractivity contribution in [2.24, 2.45) is 5.73 Å². The zero-order chi connectivity index (χ0) is 7.72. The normalized spacial score (nSPS) is 33.0. The van der Waals surface area contributed by atoms with E-state index in [0.29, 0.717) is 0 Å². The number of imide groups is 1. The van der Waals surface area contributed by atoms with Crippen LogP contribution in [-0.2, 0) is 4.79 Å². The molecule has 5 nitrogen and oxygen atoms in total. The minimum absolute atomic E-state index is 0.406. The van der Waals surface area contributed by atoms with E-state index in [1.54, 1.807) is 0 Å². The summed E-state index contributed by atoms with van der Waals surface area (Å²) in [6.45, 7) is 0. The summed E-state index contributed by atoms with van der Waals surface area (Å²) < 4.78 is 0. The van der Waals surface area contributed by atoms with Gasteiger partial charge in [-0.2, -0.15) is 0 Å². The first-order chi connectivity index (χ1) is 4.61. The Morgan fingerprint density at radius 3 is 2.60 bits per heavy atom. The Bertz CT molecular complexity index is 183. The lowest BCUT2D eigenvalue weighted by molar-refractivity contribution is -0.120. The number of hydrogen-bond acceptors (Lipinski definition) is 3. The molecule has 1 aliphatic heterocycles. The molecule has 0 spiro atoms. The SMILES string of the molecule is NC1NC(=O)NC(=O)C1Br. The van der Waals surface area contributed by atoms with Crippen LogP contribution in [0.25, 0.3) is 0 Å². The van der Waals surface area contributed by atoms with E-state index in [1.807, 2.05) is 5.32 Å². The van der Waals surface area contributed by atoms with E-state index >= 15 is 0 Å². The fourth-order valence-corrected chi connectivity index (χ4v) is 0.851. The van der Waals surface area contributed by atoms with E-state index in [-0.39, 0.29) is 0 Å². The summed E-state index contributed by atoms with van der Waals surface area (Å²) in [6, 6.07) is -0.548. The molecule has 0 bridgehead atoms. The van der Waals surface area contributed by atoms with Gasteiger partial charge in [0.05, 0.1) is 0 Å². The molecule has 0 aromatic carbocycles. The maximum absolute atomic E-state index is 10.7. The molecule has 0 aromatic heterocycles. The zero-order valence-corrected chi connectivity index (χ0v) is 6.51. The molecule has 1 fully saturated rings. The van der Waals surface area contributed by atoms with Crippen LogP contribution < -0.4 is 16.4 Å². The molecule has 0 aromatic rings. The number of urea groups is 1. The van der Waals surface area contributed by atoms with Gasteiger partial charge in [0, 0.05) is 0 Å². The number of alkyl halides is 1. The maximum atomic E-state index is 10.7. The smallest absolute Gasteiger partial charge is 0.321 e. The lowest BCUT2D eigenvalue weighted by Crippen LogP contribution is -2.62. The largest absolute Gasteiger partial charge is 0.322 e. The fraction of sp³-hybridized carbons (Fsp3) is 0.500. The van der Waals surface area contributed by atoms with Gasteiger partial charge in [0.2, 0.25) is 5.91 Å². The Kier molecular flexibility index (Phi) is 1.91. The fourth-order valence-electron chi connectivity index (χ4n) is 0.605. The molecule has 2 atom stereocenters. The van der Waals surface area contributed by atoms with Crippen LogP contribution in [0.4, 0.5) is 4.79 Å². The van der Waals surface area contributed by atoms with Gasteiger partial charge in [-0.15, -0.1) is 0 Å². The Morgan fingerprint density at radius 1 is 1.50 bits per heavy atom. The highest BCUT2D eigenvalue weighted by Crippen LogP contribution is 2.04. The summed E-state index contributed by atoms with van der Waals surface area (Å²) in [5.74, 6) is -0.406. The predicted octanol–water partition coefficient (Wildman–Crippen LogP) is -1.13. The van der Waals surface area contributed by atoms with Crippen LogP contribution in [0, 0.1) is 0 Å². The van der Waals surface area contributed by atoms with E-state index in [0.717, 1.165) is 0 Å². The van der Waals surface area contributed by atoms with Gasteiger partial charge in [-0.1, -0.05) is 15.9 Å². The topological polar surface area (TPSA) is 84.2 Å². The van der Waals surface area contributed by atoms with Gasteiger partial charge in [0.25, 0.3) is 0 Å². The molecule has 1 aliphatic rings. The van der Waals surface area contributed by atoms with E-state index in [4.69, 9.17) is 5.73 Å². The molecule has 1 rings (SSSR count). The van der Waals surface area contributed by atoms with E-state index in [2.05, 4.69) is 21.2 Å². The van der Waals surface area contributed by atoms with Crippen molar-refractivity contribution in [2.45, 2.75) is 11.0 Å². The number of carbonyl (C=O) groups is 2. The van der Waals surface area contributed by atoms with Crippen molar-refractivity contribution in [1.82, 2.24) is 10.6 Å². The van der Waals surface area contributed by atoms with Gasteiger partial charge in [0.15, 0.2) is 0 Å². The third kappa shape index (κ3) is 1.27. The van der Waals surface area contributed by atoms with E-state index in [9.17, 15) is 9.59 Å². The molecule has 6 heteroatoms. The molecule has 0 radical (unpaired) electrons. The summed E-state index contributed by atoms with van der Waals surface area (Å²) in [5, 5.41) is 4.36. The van der Waals surface area contributed by atoms with Crippen molar-refractivity contribution >= 4 is 27.9 Å². The second kappa shape index (κ2) is 2.55. The van der Waals surface area contributed by atoms with Gasteiger partial charge < -0.3 is 11.1 Å². The molecule has 1 heterocycles. The van der Waals surface area contributed by atoms with Crippen LogP contribution in [0.15, 0.2) is 0 Å². The second-order valence-corrected chi connectivity index (χ2v) is 2.88.